The molecular weight excluding hydrogens is 477 g/mol. The number of anilines is 1. The van der Waals surface area contributed by atoms with Gasteiger partial charge in [-0.05, 0) is 50.5 Å². The summed E-state index contributed by atoms with van der Waals surface area (Å²) in [6.45, 7) is 8.24. The van der Waals surface area contributed by atoms with E-state index in [2.05, 4.69) is 10.2 Å². The van der Waals surface area contributed by atoms with Gasteiger partial charge in [0.05, 0.1) is 13.2 Å². The van der Waals surface area contributed by atoms with E-state index in [0.29, 0.717) is 48.7 Å². The Balaban J connectivity index is 1.67. The molecule has 0 radical (unpaired) electrons. The van der Waals surface area contributed by atoms with Crippen molar-refractivity contribution < 1.29 is 23.5 Å². The second kappa shape index (κ2) is 9.49. The lowest BCUT2D eigenvalue weighted by atomic mass is 10.00. The van der Waals surface area contributed by atoms with Crippen LogP contribution in [-0.4, -0.2) is 56.8 Å². The van der Waals surface area contributed by atoms with Crippen LogP contribution in [0, 0.1) is 5.82 Å². The number of benzene rings is 1. The van der Waals surface area contributed by atoms with Gasteiger partial charge in [0.25, 0.3) is 0 Å². The largest absolute Gasteiger partial charge is 0.489 e. The summed E-state index contributed by atoms with van der Waals surface area (Å²) in [6, 6.07) is 6.76. The SMILES string of the molecule is CC(=O)N1CC=C(c2cc3c(n4cnnc24)N(C(=O)OC(C)(C)C)Cc2c(F)cccc2CCO3)CC1. The van der Waals surface area contributed by atoms with Crippen LogP contribution in [0.2, 0.25) is 0 Å². The molecule has 0 spiro atoms. The summed E-state index contributed by atoms with van der Waals surface area (Å²) >= 11 is 0. The Morgan fingerprint density at radius 3 is 2.70 bits per heavy atom. The van der Waals surface area contributed by atoms with Crippen molar-refractivity contribution in [1.82, 2.24) is 19.5 Å². The molecule has 194 valence electrons. The fourth-order valence-corrected chi connectivity index (χ4v) is 4.74. The maximum atomic E-state index is 15.0. The Morgan fingerprint density at radius 2 is 2.00 bits per heavy atom. The number of carbonyl (C=O) groups is 2. The lowest BCUT2D eigenvalue weighted by Crippen LogP contribution is -2.38. The fourth-order valence-electron chi connectivity index (χ4n) is 4.74. The zero-order chi connectivity index (χ0) is 26.3. The third-order valence-electron chi connectivity index (χ3n) is 6.54. The van der Waals surface area contributed by atoms with E-state index in [-0.39, 0.29) is 19.1 Å². The highest BCUT2D eigenvalue weighted by molar-refractivity contribution is 5.91. The van der Waals surface area contributed by atoms with Crippen molar-refractivity contribution >= 4 is 29.0 Å². The number of rotatable bonds is 1. The maximum absolute atomic E-state index is 15.0. The van der Waals surface area contributed by atoms with E-state index in [4.69, 9.17) is 9.47 Å². The van der Waals surface area contributed by atoms with Crippen LogP contribution in [0.15, 0.2) is 36.7 Å². The number of aromatic nitrogens is 3. The topological polar surface area (TPSA) is 89.3 Å². The van der Waals surface area contributed by atoms with E-state index in [1.165, 1.54) is 17.3 Å². The molecule has 2 aliphatic rings. The summed E-state index contributed by atoms with van der Waals surface area (Å²) in [6.07, 6.45) is 4.01. The van der Waals surface area contributed by atoms with Gasteiger partial charge in [0, 0.05) is 37.6 Å². The molecule has 2 amide bonds. The minimum absolute atomic E-state index is 0.0282. The number of ether oxygens (including phenoxy) is 2. The van der Waals surface area contributed by atoms with Gasteiger partial charge in [0.1, 0.15) is 17.7 Å². The first-order chi connectivity index (χ1) is 17.6. The predicted octanol–water partition coefficient (Wildman–Crippen LogP) is 4.38. The zero-order valence-electron chi connectivity index (χ0n) is 21.5. The molecule has 1 aromatic carbocycles. The van der Waals surface area contributed by atoms with Gasteiger partial charge in [-0.1, -0.05) is 18.2 Å². The van der Waals surface area contributed by atoms with Crippen molar-refractivity contribution in [1.29, 1.82) is 0 Å². The average molecular weight is 508 g/mol. The fraction of sp³-hybridized carbons (Fsp3) is 0.407. The lowest BCUT2D eigenvalue weighted by molar-refractivity contribution is -0.128. The molecule has 0 saturated heterocycles. The highest BCUT2D eigenvalue weighted by atomic mass is 19.1. The van der Waals surface area contributed by atoms with Gasteiger partial charge in [0.15, 0.2) is 17.2 Å². The third-order valence-corrected chi connectivity index (χ3v) is 6.54. The molecule has 0 N–H and O–H groups in total. The summed E-state index contributed by atoms with van der Waals surface area (Å²) in [4.78, 5) is 28.5. The van der Waals surface area contributed by atoms with Gasteiger partial charge >= 0.3 is 6.09 Å². The standard InChI is InChI=1S/C27H30FN5O4/c1-17(34)31-11-8-19(9-12-31)20-14-23-25(33-16-29-30-24(20)33)32(26(35)37-27(2,3)4)15-21-18(10-13-36-23)6-5-7-22(21)28/h5-8,14,16H,9-13,15H2,1-4H3. The van der Waals surface area contributed by atoms with Crippen molar-refractivity contribution in [2.45, 2.75) is 52.7 Å². The van der Waals surface area contributed by atoms with Gasteiger partial charge in [-0.3, -0.25) is 14.1 Å². The second-order valence-electron chi connectivity index (χ2n) is 10.3. The first-order valence-corrected chi connectivity index (χ1v) is 12.3. The van der Waals surface area contributed by atoms with Crippen LogP contribution in [-0.2, 0) is 22.5 Å². The summed E-state index contributed by atoms with van der Waals surface area (Å²) < 4.78 is 28.7. The van der Waals surface area contributed by atoms with Gasteiger partial charge < -0.3 is 14.4 Å². The second-order valence-corrected chi connectivity index (χ2v) is 10.3. The monoisotopic (exact) mass is 507 g/mol. The number of carbonyl (C=O) groups excluding carboxylic acids is 2. The number of amides is 2. The highest BCUT2D eigenvalue weighted by Gasteiger charge is 2.32. The minimum atomic E-state index is -0.768. The van der Waals surface area contributed by atoms with E-state index in [1.807, 2.05) is 18.2 Å². The summed E-state index contributed by atoms with van der Waals surface area (Å²) in [5.74, 6) is 0.446. The molecule has 4 heterocycles. The van der Waals surface area contributed by atoms with E-state index < -0.39 is 17.5 Å². The molecule has 37 heavy (non-hydrogen) atoms. The Labute approximate surface area is 214 Å². The van der Waals surface area contributed by atoms with Crippen LogP contribution in [0.4, 0.5) is 15.0 Å². The molecule has 5 rings (SSSR count). The van der Waals surface area contributed by atoms with Crippen LogP contribution in [0.3, 0.4) is 0 Å². The quantitative estimate of drug-likeness (QED) is 0.486. The van der Waals surface area contributed by atoms with Gasteiger partial charge in [-0.15, -0.1) is 10.2 Å². The predicted molar refractivity (Wildman–Crippen MR) is 136 cm³/mol. The molecule has 10 heteroatoms. The van der Waals surface area contributed by atoms with E-state index >= 15 is 4.39 Å². The number of hydrogen-bond donors (Lipinski definition) is 0. The van der Waals surface area contributed by atoms with E-state index in [1.54, 1.807) is 43.1 Å². The van der Waals surface area contributed by atoms with E-state index in [9.17, 15) is 9.59 Å². The Bertz CT molecular complexity index is 1410. The van der Waals surface area contributed by atoms with Crippen molar-refractivity contribution in [2.24, 2.45) is 0 Å². The molecular formula is C27H30FN5O4. The molecule has 3 aromatic rings. The number of fused-ring (bicyclic) bond motifs is 4. The molecule has 0 saturated carbocycles. The average Bonchev–Trinajstić information content (AvgIpc) is 3.34. The first-order valence-electron chi connectivity index (χ1n) is 12.3. The van der Waals surface area contributed by atoms with Gasteiger partial charge in [0.2, 0.25) is 5.91 Å². The van der Waals surface area contributed by atoms with Crippen LogP contribution in [0.1, 0.15) is 50.8 Å². The first kappa shape index (κ1) is 24.7. The Morgan fingerprint density at radius 1 is 1.19 bits per heavy atom. The molecule has 0 bridgehead atoms. The maximum Gasteiger partial charge on any atom is 0.416 e. The number of nitrogens with zero attached hydrogens (tertiary/aromatic N) is 5. The molecule has 2 aliphatic heterocycles. The zero-order valence-corrected chi connectivity index (χ0v) is 21.5. The molecule has 0 fully saturated rings. The van der Waals surface area contributed by atoms with E-state index in [0.717, 1.165) is 16.7 Å². The molecule has 9 nitrogen and oxygen atoms in total. The Kier molecular flexibility index (Phi) is 6.35. The summed E-state index contributed by atoms with van der Waals surface area (Å²) in [5.41, 5.74) is 2.77. The number of halogens is 1. The van der Waals surface area contributed by atoms with Crippen LogP contribution in [0.5, 0.6) is 5.75 Å². The van der Waals surface area contributed by atoms with Crippen LogP contribution < -0.4 is 9.64 Å². The molecule has 2 aromatic heterocycles. The van der Waals surface area contributed by atoms with Crippen molar-refractivity contribution in [3.63, 3.8) is 0 Å². The molecule has 0 aliphatic carbocycles. The van der Waals surface area contributed by atoms with Gasteiger partial charge in [-0.25, -0.2) is 9.18 Å². The van der Waals surface area contributed by atoms with Crippen LogP contribution >= 0.6 is 0 Å². The van der Waals surface area contributed by atoms with Crippen molar-refractivity contribution in [3.8, 4) is 5.75 Å². The lowest BCUT2D eigenvalue weighted by Gasteiger charge is -2.30. The summed E-state index contributed by atoms with van der Waals surface area (Å²) in [5, 5.41) is 8.48. The number of hydrogen-bond acceptors (Lipinski definition) is 6. The van der Waals surface area contributed by atoms with Crippen molar-refractivity contribution in [2.75, 3.05) is 24.6 Å². The normalized spacial score (nSPS) is 16.1. The van der Waals surface area contributed by atoms with Crippen molar-refractivity contribution in [3.05, 3.63) is 59.2 Å². The van der Waals surface area contributed by atoms with Crippen LogP contribution in [0.25, 0.3) is 11.2 Å². The highest BCUT2D eigenvalue weighted by Crippen LogP contribution is 2.38. The number of pyridine rings is 1. The Hall–Kier alpha value is -3.95. The summed E-state index contributed by atoms with van der Waals surface area (Å²) in [7, 11) is 0. The third kappa shape index (κ3) is 4.87. The minimum Gasteiger partial charge on any atom is -0.489 e. The molecule has 0 unspecified atom stereocenters. The molecule has 0 atom stereocenters. The van der Waals surface area contributed by atoms with Gasteiger partial charge in [-0.2, -0.15) is 0 Å². The smallest absolute Gasteiger partial charge is 0.416 e.